The molecule has 3 N–H and O–H groups in total. The normalized spacial score (nSPS) is 16.3. The molecule has 1 saturated heterocycles. The van der Waals surface area contributed by atoms with Crippen LogP contribution in [0, 0.1) is 0 Å². The minimum absolute atomic E-state index is 0.0308. The number of carbonyl (C=O) groups excluding carboxylic acids is 1. The lowest BCUT2D eigenvalue weighted by molar-refractivity contribution is -0.121. The highest BCUT2D eigenvalue weighted by molar-refractivity contribution is 7.89. The Morgan fingerprint density at radius 3 is 2.26 bits per heavy atom. The molecule has 0 spiro atoms. The van der Waals surface area contributed by atoms with Crippen LogP contribution in [0.3, 0.4) is 0 Å². The van der Waals surface area contributed by atoms with Crippen LogP contribution in [0.15, 0.2) is 29.2 Å². The fourth-order valence-electron chi connectivity index (χ4n) is 3.20. The maximum Gasteiger partial charge on any atom is 0.243 e. The van der Waals surface area contributed by atoms with E-state index in [1.54, 1.807) is 28.6 Å². The smallest absolute Gasteiger partial charge is 0.243 e. The quantitative estimate of drug-likeness (QED) is 0.672. The average Bonchev–Trinajstić information content (AvgIpc) is 2.71. The van der Waals surface area contributed by atoms with Gasteiger partial charge in [-0.25, -0.2) is 8.42 Å². The highest BCUT2D eigenvalue weighted by Gasteiger charge is 2.25. The maximum atomic E-state index is 12.7. The summed E-state index contributed by atoms with van der Waals surface area (Å²) in [5.74, 6) is -0.0308. The van der Waals surface area contributed by atoms with Gasteiger partial charge in [0.25, 0.3) is 0 Å². The summed E-state index contributed by atoms with van der Waals surface area (Å²) in [4.78, 5) is 12.4. The minimum Gasteiger partial charge on any atom is -0.354 e. The Bertz CT molecular complexity index is 706. The number of piperidine rings is 1. The number of nitrogens with two attached hydrogens (primary N) is 1. The van der Waals surface area contributed by atoms with Gasteiger partial charge in [-0.1, -0.05) is 32.4 Å². The summed E-state index contributed by atoms with van der Waals surface area (Å²) in [5, 5.41) is 2.91. The predicted molar refractivity (Wildman–Crippen MR) is 108 cm³/mol. The number of rotatable bonds is 9. The number of hydrogen-bond donors (Lipinski definition) is 2. The Kier molecular flexibility index (Phi) is 7.82. The third-order valence-electron chi connectivity index (χ3n) is 5.56. The first-order valence-corrected chi connectivity index (χ1v) is 11.4. The van der Waals surface area contributed by atoms with Gasteiger partial charge in [0, 0.05) is 31.6 Å². The molecule has 1 fully saturated rings. The van der Waals surface area contributed by atoms with E-state index in [1.807, 2.05) is 13.8 Å². The molecule has 0 saturated carbocycles. The molecule has 152 valence electrons. The van der Waals surface area contributed by atoms with Gasteiger partial charge in [0.2, 0.25) is 15.9 Å². The van der Waals surface area contributed by atoms with Gasteiger partial charge in [0.1, 0.15) is 0 Å². The lowest BCUT2D eigenvalue weighted by Crippen LogP contribution is -2.49. The number of nitrogens with zero attached hydrogens (tertiary/aromatic N) is 1. The Morgan fingerprint density at radius 2 is 1.70 bits per heavy atom. The molecule has 6 nitrogen and oxygen atoms in total. The van der Waals surface area contributed by atoms with Gasteiger partial charge in [0.15, 0.2) is 0 Å². The van der Waals surface area contributed by atoms with E-state index in [0.29, 0.717) is 37.4 Å². The van der Waals surface area contributed by atoms with Crippen molar-refractivity contribution < 1.29 is 13.2 Å². The molecule has 1 aromatic rings. The van der Waals surface area contributed by atoms with E-state index in [-0.39, 0.29) is 11.4 Å². The van der Waals surface area contributed by atoms with Crippen LogP contribution in [0.5, 0.6) is 0 Å². The summed E-state index contributed by atoms with van der Waals surface area (Å²) in [6, 6.07) is 6.90. The summed E-state index contributed by atoms with van der Waals surface area (Å²) in [6.45, 7) is 5.72. The molecule has 0 aromatic heterocycles. The van der Waals surface area contributed by atoms with Crippen molar-refractivity contribution in [3.05, 3.63) is 29.8 Å². The van der Waals surface area contributed by atoms with Crippen molar-refractivity contribution in [2.24, 2.45) is 5.73 Å². The maximum absolute atomic E-state index is 12.7. The number of sulfonamides is 1. The molecule has 7 heteroatoms. The van der Waals surface area contributed by atoms with E-state index in [4.69, 9.17) is 5.73 Å². The van der Waals surface area contributed by atoms with Crippen molar-refractivity contribution in [3.63, 3.8) is 0 Å². The Labute approximate surface area is 163 Å². The first-order chi connectivity index (χ1) is 12.8. The SMILES string of the molecule is CCC(N)(CC)CNC(=O)CCc1ccc(S(=O)(=O)N2CCCCC2)cc1. The van der Waals surface area contributed by atoms with Gasteiger partial charge < -0.3 is 11.1 Å². The first kappa shape index (κ1) is 21.9. The zero-order valence-corrected chi connectivity index (χ0v) is 17.4. The van der Waals surface area contributed by atoms with Crippen LogP contribution in [0.2, 0.25) is 0 Å². The fraction of sp³-hybridized carbons (Fsp3) is 0.650. The van der Waals surface area contributed by atoms with Crippen LogP contribution in [-0.4, -0.2) is 43.8 Å². The monoisotopic (exact) mass is 395 g/mol. The Morgan fingerprint density at radius 1 is 1.11 bits per heavy atom. The molecule has 2 rings (SSSR count). The third kappa shape index (κ3) is 6.02. The van der Waals surface area contributed by atoms with Crippen LogP contribution >= 0.6 is 0 Å². The van der Waals surface area contributed by atoms with Crippen molar-refractivity contribution >= 4 is 15.9 Å². The molecule has 27 heavy (non-hydrogen) atoms. The summed E-state index contributed by atoms with van der Waals surface area (Å²) < 4.78 is 26.9. The predicted octanol–water partition coefficient (Wildman–Crippen LogP) is 2.43. The molecule has 1 heterocycles. The standard InChI is InChI=1S/C20H33N3O3S/c1-3-20(21,4-2)16-22-19(24)13-10-17-8-11-18(12-9-17)27(25,26)23-14-6-5-7-15-23/h8-9,11-12H,3-7,10,13-16,21H2,1-2H3,(H,22,24). The van der Waals surface area contributed by atoms with Crippen LogP contribution < -0.4 is 11.1 Å². The molecular formula is C20H33N3O3S. The topological polar surface area (TPSA) is 92.5 Å². The molecule has 1 aliphatic rings. The van der Waals surface area contributed by atoms with E-state index in [1.165, 1.54) is 0 Å². The van der Waals surface area contributed by atoms with Crippen LogP contribution in [0.25, 0.3) is 0 Å². The van der Waals surface area contributed by atoms with Gasteiger partial charge in [-0.15, -0.1) is 0 Å². The van der Waals surface area contributed by atoms with Crippen molar-refractivity contribution in [2.75, 3.05) is 19.6 Å². The highest BCUT2D eigenvalue weighted by Crippen LogP contribution is 2.21. The fourth-order valence-corrected chi connectivity index (χ4v) is 4.72. The summed E-state index contributed by atoms with van der Waals surface area (Å²) in [7, 11) is -3.40. The molecule has 1 aliphatic heterocycles. The summed E-state index contributed by atoms with van der Waals surface area (Å²) >= 11 is 0. The van der Waals surface area contributed by atoms with Crippen molar-refractivity contribution in [1.29, 1.82) is 0 Å². The average molecular weight is 396 g/mol. The van der Waals surface area contributed by atoms with Crippen LogP contribution in [-0.2, 0) is 21.2 Å². The van der Waals surface area contributed by atoms with Gasteiger partial charge in [-0.05, 0) is 49.8 Å². The number of nitrogens with one attached hydrogen (secondary N) is 1. The number of carbonyl (C=O) groups is 1. The highest BCUT2D eigenvalue weighted by atomic mass is 32.2. The molecule has 0 radical (unpaired) electrons. The second-order valence-electron chi connectivity index (χ2n) is 7.45. The zero-order chi connectivity index (χ0) is 19.9. The summed E-state index contributed by atoms with van der Waals surface area (Å²) in [5.41, 5.74) is 6.80. The van der Waals surface area contributed by atoms with E-state index in [2.05, 4.69) is 5.32 Å². The van der Waals surface area contributed by atoms with Crippen LogP contribution in [0.1, 0.15) is 57.9 Å². The third-order valence-corrected chi connectivity index (χ3v) is 7.48. The van der Waals surface area contributed by atoms with E-state index in [9.17, 15) is 13.2 Å². The molecule has 0 aliphatic carbocycles. The van der Waals surface area contributed by atoms with Gasteiger partial charge >= 0.3 is 0 Å². The molecule has 0 bridgehead atoms. The second kappa shape index (κ2) is 9.66. The second-order valence-corrected chi connectivity index (χ2v) is 9.39. The number of aryl methyl sites for hydroxylation is 1. The van der Waals surface area contributed by atoms with E-state index >= 15 is 0 Å². The lowest BCUT2D eigenvalue weighted by atomic mass is 9.94. The largest absolute Gasteiger partial charge is 0.354 e. The lowest BCUT2D eigenvalue weighted by Gasteiger charge is -2.26. The number of benzene rings is 1. The van der Waals surface area contributed by atoms with Gasteiger partial charge in [-0.2, -0.15) is 4.31 Å². The van der Waals surface area contributed by atoms with Gasteiger partial charge in [-0.3, -0.25) is 4.79 Å². The molecule has 1 amide bonds. The summed E-state index contributed by atoms with van der Waals surface area (Å²) in [6.07, 6.45) is 5.51. The van der Waals surface area contributed by atoms with E-state index in [0.717, 1.165) is 37.7 Å². The van der Waals surface area contributed by atoms with E-state index < -0.39 is 10.0 Å². The van der Waals surface area contributed by atoms with Crippen LogP contribution in [0.4, 0.5) is 0 Å². The van der Waals surface area contributed by atoms with Crippen molar-refractivity contribution in [2.45, 2.75) is 69.2 Å². The molecule has 0 unspecified atom stereocenters. The zero-order valence-electron chi connectivity index (χ0n) is 16.5. The number of hydrogen-bond acceptors (Lipinski definition) is 4. The number of amides is 1. The molecular weight excluding hydrogens is 362 g/mol. The minimum atomic E-state index is -3.40. The molecule has 0 atom stereocenters. The van der Waals surface area contributed by atoms with Gasteiger partial charge in [0.05, 0.1) is 4.90 Å². The van der Waals surface area contributed by atoms with Crippen molar-refractivity contribution in [1.82, 2.24) is 9.62 Å². The Hall–Kier alpha value is -1.44. The van der Waals surface area contributed by atoms with Crippen molar-refractivity contribution in [3.8, 4) is 0 Å². The first-order valence-electron chi connectivity index (χ1n) is 9.95. The Balaban J connectivity index is 1.87. The molecule has 1 aromatic carbocycles.